The highest BCUT2D eigenvalue weighted by molar-refractivity contribution is 7.16. The van der Waals surface area contributed by atoms with Crippen molar-refractivity contribution in [2.45, 2.75) is 19.3 Å². The molecule has 1 aliphatic rings. The van der Waals surface area contributed by atoms with Gasteiger partial charge in [0.05, 0.1) is 4.34 Å². The molecule has 1 aromatic rings. The van der Waals surface area contributed by atoms with Crippen LogP contribution in [0.25, 0.3) is 0 Å². The largest absolute Gasteiger partial charge is 0.381 e. The maximum absolute atomic E-state index is 5.88. The Hall–Kier alpha value is -0.0900. The Morgan fingerprint density at radius 3 is 2.88 bits per heavy atom. The quantitative estimate of drug-likeness (QED) is 0.821. The third-order valence-electron chi connectivity index (χ3n) is 2.95. The number of halogens is 1. The van der Waals surface area contributed by atoms with Crippen LogP contribution >= 0.6 is 22.9 Å². The van der Waals surface area contributed by atoms with Gasteiger partial charge in [0.25, 0.3) is 0 Å². The molecule has 2 nitrogen and oxygen atoms in total. The van der Waals surface area contributed by atoms with Crippen molar-refractivity contribution in [1.82, 2.24) is 5.32 Å². The number of hydrogen-bond acceptors (Lipinski definition) is 3. The Kier molecular flexibility index (Phi) is 5.10. The first-order valence-electron chi connectivity index (χ1n) is 5.87. The van der Waals surface area contributed by atoms with Gasteiger partial charge in [0.1, 0.15) is 0 Å². The summed E-state index contributed by atoms with van der Waals surface area (Å²) < 4.78 is 6.23. The predicted octanol–water partition coefficient (Wildman–Crippen LogP) is 2.96. The summed E-state index contributed by atoms with van der Waals surface area (Å²) in [5.41, 5.74) is 0. The molecule has 4 heteroatoms. The Bertz CT molecular complexity index is 310. The van der Waals surface area contributed by atoms with Crippen LogP contribution in [0.4, 0.5) is 0 Å². The van der Waals surface area contributed by atoms with E-state index in [0.717, 1.165) is 43.0 Å². The van der Waals surface area contributed by atoms with E-state index in [9.17, 15) is 0 Å². The lowest BCUT2D eigenvalue weighted by atomic mass is 10.0. The lowest BCUT2D eigenvalue weighted by Crippen LogP contribution is -2.28. The van der Waals surface area contributed by atoms with E-state index >= 15 is 0 Å². The first-order valence-corrected chi connectivity index (χ1v) is 7.07. The van der Waals surface area contributed by atoms with Gasteiger partial charge < -0.3 is 10.1 Å². The molecule has 0 saturated carbocycles. The van der Waals surface area contributed by atoms with E-state index in [1.165, 1.54) is 17.7 Å². The Morgan fingerprint density at radius 1 is 1.38 bits per heavy atom. The standard InChI is InChI=1S/C12H18ClNOS/c13-12-2-1-11(16-12)3-6-14-9-10-4-7-15-8-5-10/h1-2,10,14H,3-9H2. The van der Waals surface area contributed by atoms with Crippen molar-refractivity contribution in [3.63, 3.8) is 0 Å². The number of hydrogen-bond donors (Lipinski definition) is 1. The van der Waals surface area contributed by atoms with Crippen LogP contribution in [0.2, 0.25) is 4.34 Å². The fourth-order valence-electron chi connectivity index (χ4n) is 1.95. The lowest BCUT2D eigenvalue weighted by molar-refractivity contribution is 0.0664. The van der Waals surface area contributed by atoms with Crippen molar-refractivity contribution in [1.29, 1.82) is 0 Å². The lowest BCUT2D eigenvalue weighted by Gasteiger charge is -2.22. The van der Waals surface area contributed by atoms with Crippen LogP contribution < -0.4 is 5.32 Å². The molecule has 0 amide bonds. The van der Waals surface area contributed by atoms with E-state index < -0.39 is 0 Å². The van der Waals surface area contributed by atoms with E-state index in [0.29, 0.717) is 0 Å². The molecule has 2 rings (SSSR count). The molecule has 1 fully saturated rings. The highest BCUT2D eigenvalue weighted by Crippen LogP contribution is 2.21. The molecule has 0 aliphatic carbocycles. The molecule has 16 heavy (non-hydrogen) atoms. The van der Waals surface area contributed by atoms with Gasteiger partial charge in [0, 0.05) is 18.1 Å². The van der Waals surface area contributed by atoms with Crippen LogP contribution in [0, 0.1) is 5.92 Å². The Balaban J connectivity index is 1.57. The molecular weight excluding hydrogens is 242 g/mol. The maximum Gasteiger partial charge on any atom is 0.0931 e. The van der Waals surface area contributed by atoms with Gasteiger partial charge in [-0.2, -0.15) is 0 Å². The van der Waals surface area contributed by atoms with Crippen LogP contribution in [-0.2, 0) is 11.2 Å². The second-order valence-electron chi connectivity index (χ2n) is 4.22. The van der Waals surface area contributed by atoms with Gasteiger partial charge in [0.15, 0.2) is 0 Å². The summed E-state index contributed by atoms with van der Waals surface area (Å²) >= 11 is 7.56. The predicted molar refractivity (Wildman–Crippen MR) is 69.4 cm³/mol. The van der Waals surface area contributed by atoms with Gasteiger partial charge in [-0.1, -0.05) is 11.6 Å². The van der Waals surface area contributed by atoms with E-state index in [1.807, 2.05) is 6.07 Å². The first-order chi connectivity index (χ1) is 7.84. The summed E-state index contributed by atoms with van der Waals surface area (Å²) in [6, 6.07) is 4.09. The third kappa shape index (κ3) is 4.06. The minimum atomic E-state index is 0.806. The van der Waals surface area contributed by atoms with Crippen molar-refractivity contribution >= 4 is 22.9 Å². The van der Waals surface area contributed by atoms with Crippen LogP contribution in [0.5, 0.6) is 0 Å². The molecular formula is C12H18ClNOS. The summed E-state index contributed by atoms with van der Waals surface area (Å²) in [6.45, 7) is 4.05. The highest BCUT2D eigenvalue weighted by Gasteiger charge is 2.12. The molecule has 90 valence electrons. The van der Waals surface area contributed by atoms with Gasteiger partial charge in [0.2, 0.25) is 0 Å². The summed E-state index contributed by atoms with van der Waals surface area (Å²) in [4.78, 5) is 1.37. The fraction of sp³-hybridized carbons (Fsp3) is 0.667. The maximum atomic E-state index is 5.88. The molecule has 0 spiro atoms. The number of rotatable bonds is 5. The molecule has 0 aromatic carbocycles. The average molecular weight is 260 g/mol. The van der Waals surface area contributed by atoms with E-state index in [-0.39, 0.29) is 0 Å². The summed E-state index contributed by atoms with van der Waals surface area (Å²) in [6.07, 6.45) is 3.50. The molecule has 1 aromatic heterocycles. The van der Waals surface area contributed by atoms with E-state index in [2.05, 4.69) is 11.4 Å². The van der Waals surface area contributed by atoms with Crippen LogP contribution in [0.15, 0.2) is 12.1 Å². The van der Waals surface area contributed by atoms with Crippen LogP contribution in [-0.4, -0.2) is 26.3 Å². The zero-order valence-corrected chi connectivity index (χ0v) is 10.9. The van der Waals surface area contributed by atoms with Gasteiger partial charge in [-0.15, -0.1) is 11.3 Å². The molecule has 0 bridgehead atoms. The molecule has 0 unspecified atom stereocenters. The smallest absolute Gasteiger partial charge is 0.0931 e. The second kappa shape index (κ2) is 6.60. The van der Waals surface area contributed by atoms with E-state index in [4.69, 9.17) is 16.3 Å². The monoisotopic (exact) mass is 259 g/mol. The van der Waals surface area contributed by atoms with Gasteiger partial charge in [-0.3, -0.25) is 0 Å². The van der Waals surface area contributed by atoms with Crippen LogP contribution in [0.1, 0.15) is 17.7 Å². The fourth-order valence-corrected chi connectivity index (χ4v) is 3.04. The molecule has 1 N–H and O–H groups in total. The van der Waals surface area contributed by atoms with Crippen molar-refractivity contribution in [2.75, 3.05) is 26.3 Å². The minimum absolute atomic E-state index is 0.806. The molecule has 1 aliphatic heterocycles. The Morgan fingerprint density at radius 2 is 2.19 bits per heavy atom. The van der Waals surface area contributed by atoms with Crippen molar-refractivity contribution in [3.8, 4) is 0 Å². The number of nitrogens with one attached hydrogen (secondary N) is 1. The average Bonchev–Trinajstić information content (AvgIpc) is 2.72. The first kappa shape index (κ1) is 12.4. The van der Waals surface area contributed by atoms with Crippen LogP contribution in [0.3, 0.4) is 0 Å². The zero-order valence-electron chi connectivity index (χ0n) is 9.38. The minimum Gasteiger partial charge on any atom is -0.381 e. The zero-order chi connectivity index (χ0) is 11.2. The van der Waals surface area contributed by atoms with Gasteiger partial charge in [-0.25, -0.2) is 0 Å². The third-order valence-corrected chi connectivity index (χ3v) is 4.24. The van der Waals surface area contributed by atoms with Crippen molar-refractivity contribution in [3.05, 3.63) is 21.3 Å². The molecule has 1 saturated heterocycles. The summed E-state index contributed by atoms with van der Waals surface area (Å²) in [5, 5.41) is 3.52. The topological polar surface area (TPSA) is 21.3 Å². The van der Waals surface area contributed by atoms with Gasteiger partial charge in [-0.05, 0) is 50.4 Å². The SMILES string of the molecule is Clc1ccc(CCNCC2CCOCC2)s1. The second-order valence-corrected chi connectivity index (χ2v) is 6.02. The molecule has 0 radical (unpaired) electrons. The normalized spacial score (nSPS) is 17.8. The molecule has 2 heterocycles. The summed E-state index contributed by atoms with van der Waals surface area (Å²) in [5.74, 6) is 0.806. The Labute approximate surface area is 106 Å². The molecule has 0 atom stereocenters. The summed E-state index contributed by atoms with van der Waals surface area (Å²) in [7, 11) is 0. The van der Waals surface area contributed by atoms with Gasteiger partial charge >= 0.3 is 0 Å². The van der Waals surface area contributed by atoms with E-state index in [1.54, 1.807) is 11.3 Å². The van der Waals surface area contributed by atoms with Crippen molar-refractivity contribution in [2.24, 2.45) is 5.92 Å². The number of thiophene rings is 1. The highest BCUT2D eigenvalue weighted by atomic mass is 35.5. The van der Waals surface area contributed by atoms with Crippen molar-refractivity contribution < 1.29 is 4.74 Å². The number of ether oxygens (including phenoxy) is 1.